The van der Waals surface area contributed by atoms with Gasteiger partial charge in [0, 0.05) is 17.7 Å². The number of nitrogens with zero attached hydrogens (tertiary/aromatic N) is 1. The van der Waals surface area contributed by atoms with Crippen LogP contribution in [0.3, 0.4) is 0 Å². The molecule has 7 heteroatoms. The number of hydrogen-bond acceptors (Lipinski definition) is 5. The molecule has 0 spiro atoms. The van der Waals surface area contributed by atoms with Crippen LogP contribution in [-0.4, -0.2) is 24.1 Å². The molecule has 0 bridgehead atoms. The van der Waals surface area contributed by atoms with E-state index in [1.165, 1.54) is 12.3 Å². The number of amides is 1. The van der Waals surface area contributed by atoms with E-state index in [1.807, 2.05) is 18.2 Å². The highest BCUT2D eigenvalue weighted by Gasteiger charge is 2.20. The van der Waals surface area contributed by atoms with Crippen molar-refractivity contribution >= 4 is 5.91 Å². The maximum absolute atomic E-state index is 14.1. The minimum atomic E-state index is -0.404. The van der Waals surface area contributed by atoms with Gasteiger partial charge in [0.2, 0.25) is 5.89 Å². The number of fused-ring (bicyclic) bond motifs is 1. The molecule has 0 radical (unpaired) electrons. The first-order valence-electron chi connectivity index (χ1n) is 10.2. The highest BCUT2D eigenvalue weighted by molar-refractivity contribution is 6.00. The van der Waals surface area contributed by atoms with Crippen molar-refractivity contribution in [3.05, 3.63) is 89.9 Å². The van der Waals surface area contributed by atoms with Gasteiger partial charge in [-0.05, 0) is 30.3 Å². The minimum absolute atomic E-state index is 0.239. The Bertz CT molecular complexity index is 1280. The van der Waals surface area contributed by atoms with Crippen LogP contribution in [0.25, 0.3) is 22.8 Å². The summed E-state index contributed by atoms with van der Waals surface area (Å²) in [4.78, 5) is 17.3. The number of rotatable bonds is 5. The number of benzene rings is 3. The third kappa shape index (κ3) is 3.80. The van der Waals surface area contributed by atoms with Gasteiger partial charge in [-0.25, -0.2) is 9.37 Å². The summed E-state index contributed by atoms with van der Waals surface area (Å²) >= 11 is 0. The van der Waals surface area contributed by atoms with E-state index in [0.717, 1.165) is 5.56 Å². The van der Waals surface area contributed by atoms with Crippen molar-refractivity contribution in [2.45, 2.75) is 6.54 Å². The van der Waals surface area contributed by atoms with Gasteiger partial charge in [0.05, 0.1) is 17.3 Å². The van der Waals surface area contributed by atoms with Crippen LogP contribution in [0.15, 0.2) is 77.3 Å². The molecule has 6 nitrogen and oxygen atoms in total. The minimum Gasteiger partial charge on any atom is -0.486 e. The van der Waals surface area contributed by atoms with E-state index in [1.54, 1.807) is 42.5 Å². The molecule has 1 N–H and O–H groups in total. The Morgan fingerprint density at radius 1 is 0.938 bits per heavy atom. The van der Waals surface area contributed by atoms with Crippen molar-refractivity contribution in [1.29, 1.82) is 0 Å². The standard InChI is InChI=1S/C25H19FN2O4/c26-20-10-4-3-9-19(20)22-15-28-25(32-22)18-8-2-1-7-17(18)24(29)27-14-16-6-5-11-21-23(16)31-13-12-30-21/h1-11,15H,12-14H2,(H,27,29). The highest BCUT2D eigenvalue weighted by atomic mass is 19.1. The number of oxazole rings is 1. The molecule has 5 rings (SSSR count). The van der Waals surface area contributed by atoms with Crippen molar-refractivity contribution in [3.8, 4) is 34.3 Å². The Hall–Kier alpha value is -4.13. The first-order valence-corrected chi connectivity index (χ1v) is 10.2. The fraction of sp³-hybridized carbons (Fsp3) is 0.120. The summed E-state index contributed by atoms with van der Waals surface area (Å²) in [5.74, 6) is 1.15. The summed E-state index contributed by atoms with van der Waals surface area (Å²) in [5.41, 5.74) is 2.05. The molecule has 1 amide bonds. The lowest BCUT2D eigenvalue weighted by Gasteiger charge is -2.21. The predicted molar refractivity (Wildman–Crippen MR) is 116 cm³/mol. The fourth-order valence-corrected chi connectivity index (χ4v) is 3.60. The van der Waals surface area contributed by atoms with Gasteiger partial charge >= 0.3 is 0 Å². The molecule has 0 atom stereocenters. The van der Waals surface area contributed by atoms with E-state index in [0.29, 0.717) is 47.2 Å². The Morgan fingerprint density at radius 3 is 2.59 bits per heavy atom. The molecule has 4 aromatic rings. The zero-order chi connectivity index (χ0) is 21.9. The molecule has 0 saturated heterocycles. The van der Waals surface area contributed by atoms with E-state index >= 15 is 0 Å². The first kappa shape index (κ1) is 19.8. The average molecular weight is 430 g/mol. The van der Waals surface area contributed by atoms with Crippen LogP contribution in [0.1, 0.15) is 15.9 Å². The van der Waals surface area contributed by atoms with Crippen molar-refractivity contribution < 1.29 is 23.1 Å². The molecule has 0 unspecified atom stereocenters. The molecule has 0 fully saturated rings. The van der Waals surface area contributed by atoms with Gasteiger partial charge in [-0.1, -0.05) is 36.4 Å². The van der Waals surface area contributed by atoms with Gasteiger partial charge in [-0.15, -0.1) is 0 Å². The van der Waals surface area contributed by atoms with Crippen LogP contribution in [0.2, 0.25) is 0 Å². The van der Waals surface area contributed by atoms with E-state index in [4.69, 9.17) is 13.9 Å². The fourth-order valence-electron chi connectivity index (χ4n) is 3.60. The summed E-state index contributed by atoms with van der Waals surface area (Å²) in [7, 11) is 0. The lowest BCUT2D eigenvalue weighted by atomic mass is 10.1. The maximum Gasteiger partial charge on any atom is 0.252 e. The Labute approximate surface area is 183 Å². The Balaban J connectivity index is 1.39. The number of halogens is 1. The van der Waals surface area contributed by atoms with Crippen molar-refractivity contribution in [2.75, 3.05) is 13.2 Å². The zero-order valence-electron chi connectivity index (χ0n) is 17.0. The summed E-state index contributed by atoms with van der Waals surface area (Å²) in [6.45, 7) is 1.24. The third-order valence-electron chi connectivity index (χ3n) is 5.13. The molecule has 160 valence electrons. The summed E-state index contributed by atoms with van der Waals surface area (Å²) in [6, 6.07) is 18.9. The Morgan fingerprint density at radius 2 is 1.72 bits per heavy atom. The van der Waals surface area contributed by atoms with E-state index in [-0.39, 0.29) is 18.3 Å². The molecule has 1 aromatic heterocycles. The van der Waals surface area contributed by atoms with Gasteiger partial charge in [-0.2, -0.15) is 0 Å². The monoisotopic (exact) mass is 430 g/mol. The van der Waals surface area contributed by atoms with Crippen LogP contribution < -0.4 is 14.8 Å². The van der Waals surface area contributed by atoms with Gasteiger partial charge in [-0.3, -0.25) is 4.79 Å². The lowest BCUT2D eigenvalue weighted by molar-refractivity contribution is 0.0950. The predicted octanol–water partition coefficient (Wildman–Crippen LogP) is 4.85. The molecule has 0 aliphatic carbocycles. The largest absolute Gasteiger partial charge is 0.486 e. The number of carbonyl (C=O) groups excluding carboxylic acids is 1. The molecule has 0 saturated carbocycles. The number of aromatic nitrogens is 1. The second-order valence-electron chi connectivity index (χ2n) is 7.18. The maximum atomic E-state index is 14.1. The summed E-state index contributed by atoms with van der Waals surface area (Å²) in [5, 5.41) is 2.92. The smallest absolute Gasteiger partial charge is 0.252 e. The number of para-hydroxylation sites is 1. The normalized spacial score (nSPS) is 12.4. The van der Waals surface area contributed by atoms with Crippen LogP contribution in [0.4, 0.5) is 4.39 Å². The van der Waals surface area contributed by atoms with E-state index < -0.39 is 5.82 Å². The van der Waals surface area contributed by atoms with Crippen LogP contribution in [0.5, 0.6) is 11.5 Å². The highest BCUT2D eigenvalue weighted by Crippen LogP contribution is 2.34. The first-order chi connectivity index (χ1) is 15.7. The molecular weight excluding hydrogens is 411 g/mol. The molecular formula is C25H19FN2O4. The molecule has 2 heterocycles. The van der Waals surface area contributed by atoms with Crippen LogP contribution >= 0.6 is 0 Å². The second-order valence-corrected chi connectivity index (χ2v) is 7.18. The van der Waals surface area contributed by atoms with Gasteiger partial charge < -0.3 is 19.2 Å². The Kier molecular flexibility index (Phi) is 5.29. The van der Waals surface area contributed by atoms with E-state index in [2.05, 4.69) is 10.3 Å². The number of nitrogens with one attached hydrogen (secondary N) is 1. The number of ether oxygens (including phenoxy) is 2. The number of hydrogen-bond donors (Lipinski definition) is 1. The van der Waals surface area contributed by atoms with Gasteiger partial charge in [0.15, 0.2) is 17.3 Å². The molecule has 1 aliphatic rings. The quantitative estimate of drug-likeness (QED) is 0.490. The van der Waals surface area contributed by atoms with Crippen LogP contribution in [0, 0.1) is 5.82 Å². The van der Waals surface area contributed by atoms with Gasteiger partial charge in [0.1, 0.15) is 19.0 Å². The summed E-state index contributed by atoms with van der Waals surface area (Å²) in [6.07, 6.45) is 1.45. The molecule has 32 heavy (non-hydrogen) atoms. The van der Waals surface area contributed by atoms with Crippen LogP contribution in [-0.2, 0) is 6.54 Å². The van der Waals surface area contributed by atoms with Crippen molar-refractivity contribution in [1.82, 2.24) is 10.3 Å². The average Bonchev–Trinajstić information content (AvgIpc) is 3.33. The third-order valence-corrected chi connectivity index (χ3v) is 5.13. The second kappa shape index (κ2) is 8.55. The van der Waals surface area contributed by atoms with Gasteiger partial charge in [0.25, 0.3) is 5.91 Å². The van der Waals surface area contributed by atoms with Crippen molar-refractivity contribution in [3.63, 3.8) is 0 Å². The topological polar surface area (TPSA) is 73.6 Å². The zero-order valence-corrected chi connectivity index (χ0v) is 17.0. The van der Waals surface area contributed by atoms with Crippen molar-refractivity contribution in [2.24, 2.45) is 0 Å². The molecule has 1 aliphatic heterocycles. The lowest BCUT2D eigenvalue weighted by Crippen LogP contribution is -2.25. The number of carbonyl (C=O) groups is 1. The summed E-state index contributed by atoms with van der Waals surface area (Å²) < 4.78 is 31.2. The van der Waals surface area contributed by atoms with E-state index in [9.17, 15) is 9.18 Å². The molecule has 3 aromatic carbocycles. The SMILES string of the molecule is O=C(NCc1cccc2c1OCCO2)c1ccccc1-c1ncc(-c2ccccc2F)o1.